The molecule has 158 valence electrons. The summed E-state index contributed by atoms with van der Waals surface area (Å²) in [6.07, 6.45) is 2.29. The topological polar surface area (TPSA) is 155 Å². The zero-order valence-corrected chi connectivity index (χ0v) is 16.4. The second-order valence-corrected chi connectivity index (χ2v) is 7.15. The smallest absolute Gasteiger partial charge is 0.287 e. The van der Waals surface area contributed by atoms with Crippen LogP contribution in [0.15, 0.2) is 46.7 Å². The maximum atomic E-state index is 13.0. The van der Waals surface area contributed by atoms with Gasteiger partial charge in [0.1, 0.15) is 12.0 Å². The molecule has 12 heteroatoms. The fourth-order valence-electron chi connectivity index (χ4n) is 3.84. The number of aliphatic hydroxyl groups is 1. The van der Waals surface area contributed by atoms with Gasteiger partial charge in [0.2, 0.25) is 5.78 Å². The number of rotatable bonds is 5. The lowest BCUT2D eigenvalue weighted by Gasteiger charge is -2.13. The number of fused-ring (bicyclic) bond motifs is 2. The van der Waals surface area contributed by atoms with Gasteiger partial charge >= 0.3 is 0 Å². The van der Waals surface area contributed by atoms with Crippen molar-refractivity contribution >= 4 is 16.9 Å². The zero-order valence-electron chi connectivity index (χ0n) is 16.4. The summed E-state index contributed by atoms with van der Waals surface area (Å²) < 4.78 is 14.0. The van der Waals surface area contributed by atoms with Gasteiger partial charge in [-0.1, -0.05) is 5.11 Å². The van der Waals surface area contributed by atoms with Crippen LogP contribution in [0, 0.1) is 0 Å². The first kappa shape index (κ1) is 19.1. The van der Waals surface area contributed by atoms with Crippen LogP contribution in [0.2, 0.25) is 0 Å². The van der Waals surface area contributed by atoms with Gasteiger partial charge in [-0.05, 0) is 35.4 Å². The highest BCUT2D eigenvalue weighted by molar-refractivity contribution is 5.73. The number of aromatic amines is 1. The van der Waals surface area contributed by atoms with Gasteiger partial charge in [-0.25, -0.2) is 9.38 Å². The summed E-state index contributed by atoms with van der Waals surface area (Å²) in [6, 6.07) is 6.90. The quantitative estimate of drug-likeness (QED) is 0.285. The van der Waals surface area contributed by atoms with E-state index < -0.39 is 18.4 Å². The number of aliphatic hydroxyl groups excluding tert-OH is 1. The summed E-state index contributed by atoms with van der Waals surface area (Å²) in [5.41, 5.74) is 10.5. The molecule has 1 aliphatic heterocycles. The van der Waals surface area contributed by atoms with E-state index in [9.17, 15) is 9.90 Å². The van der Waals surface area contributed by atoms with Crippen molar-refractivity contribution < 1.29 is 14.6 Å². The molecule has 1 saturated heterocycles. The van der Waals surface area contributed by atoms with Gasteiger partial charge in [-0.2, -0.15) is 4.98 Å². The van der Waals surface area contributed by atoms with Crippen molar-refractivity contribution in [2.45, 2.75) is 24.8 Å². The van der Waals surface area contributed by atoms with Crippen LogP contribution in [0.4, 0.5) is 0 Å². The van der Waals surface area contributed by atoms with Crippen LogP contribution in [0.5, 0.6) is 5.75 Å². The number of benzene rings is 1. The van der Waals surface area contributed by atoms with E-state index in [1.807, 2.05) is 24.3 Å². The summed E-state index contributed by atoms with van der Waals surface area (Å²) in [6.45, 7) is -0.283. The summed E-state index contributed by atoms with van der Waals surface area (Å²) in [7, 11) is 1.60. The lowest BCUT2D eigenvalue weighted by molar-refractivity contribution is -0.0232. The Kier molecular flexibility index (Phi) is 4.59. The van der Waals surface area contributed by atoms with Gasteiger partial charge in [0.25, 0.3) is 5.56 Å². The molecule has 1 unspecified atom stereocenters. The number of azide groups is 1. The van der Waals surface area contributed by atoms with Crippen LogP contribution in [0.25, 0.3) is 38.6 Å². The normalized spacial score (nSPS) is 20.9. The number of aromatic nitrogens is 5. The number of hydrogen-bond acceptors (Lipinski definition) is 7. The van der Waals surface area contributed by atoms with Crippen molar-refractivity contribution in [2.75, 3.05) is 13.7 Å². The van der Waals surface area contributed by atoms with Crippen molar-refractivity contribution in [3.63, 3.8) is 0 Å². The minimum absolute atomic E-state index is 0.189. The number of ether oxygens (including phenoxy) is 2. The highest BCUT2D eigenvalue weighted by atomic mass is 16.5. The van der Waals surface area contributed by atoms with Crippen LogP contribution in [0.3, 0.4) is 0 Å². The van der Waals surface area contributed by atoms with Crippen molar-refractivity contribution in [3.8, 4) is 17.0 Å². The first-order valence-electron chi connectivity index (χ1n) is 9.55. The van der Waals surface area contributed by atoms with E-state index in [4.69, 9.17) is 15.0 Å². The predicted molar refractivity (Wildman–Crippen MR) is 110 cm³/mol. The Labute approximate surface area is 174 Å². The fraction of sp³-hybridized carbons (Fsp3) is 0.316. The number of imidazole rings is 2. The molecule has 3 aromatic heterocycles. The number of nitrogens with zero attached hydrogens (tertiary/aromatic N) is 7. The van der Waals surface area contributed by atoms with E-state index in [-0.39, 0.29) is 17.7 Å². The lowest BCUT2D eigenvalue weighted by Crippen LogP contribution is -2.23. The maximum absolute atomic E-state index is 13.0. The Hall–Kier alpha value is -3.86. The van der Waals surface area contributed by atoms with Crippen LogP contribution in [0.1, 0.15) is 12.6 Å². The standard InChI is InChI=1S/C19H18N8O4/c1-30-11-4-2-10(3-5-11)13-7-26-18(29)16-17(23-19(26)22-13)27(9-21-16)15-6-12(24-25-20)14(8-28)31-15/h2-5,7,9,12,14-15,28H,6,8H2,1H3,(H,22,23)/t12?,14-,15-/m1/s1. The fourth-order valence-corrected chi connectivity index (χ4v) is 3.84. The van der Waals surface area contributed by atoms with Crippen LogP contribution < -0.4 is 10.3 Å². The second-order valence-electron chi connectivity index (χ2n) is 7.15. The molecule has 0 aliphatic carbocycles. The lowest BCUT2D eigenvalue weighted by atomic mass is 10.1. The number of methoxy groups -OCH3 is 1. The number of H-pyrrole nitrogens is 1. The molecule has 0 amide bonds. The van der Waals surface area contributed by atoms with E-state index >= 15 is 0 Å². The molecule has 2 N–H and O–H groups in total. The number of hydrogen-bond donors (Lipinski definition) is 2. The monoisotopic (exact) mass is 422 g/mol. The summed E-state index contributed by atoms with van der Waals surface area (Å²) in [5.74, 6) is 1.09. The van der Waals surface area contributed by atoms with E-state index in [1.54, 1.807) is 17.9 Å². The van der Waals surface area contributed by atoms with E-state index in [0.29, 0.717) is 23.5 Å². The van der Waals surface area contributed by atoms with E-state index in [0.717, 1.165) is 11.3 Å². The molecule has 0 spiro atoms. The molecular weight excluding hydrogens is 404 g/mol. The van der Waals surface area contributed by atoms with Gasteiger partial charge < -0.3 is 19.6 Å². The van der Waals surface area contributed by atoms with E-state index in [2.05, 4.69) is 25.0 Å². The number of nitrogens with one attached hydrogen (secondary N) is 1. The Balaban J connectivity index is 1.57. The van der Waals surface area contributed by atoms with Crippen LogP contribution in [-0.2, 0) is 4.74 Å². The van der Waals surface area contributed by atoms with Gasteiger partial charge in [-0.15, -0.1) is 0 Å². The molecule has 4 heterocycles. The minimum atomic E-state index is -0.629. The van der Waals surface area contributed by atoms with Crippen LogP contribution in [-0.4, -0.2) is 54.9 Å². The molecule has 12 nitrogen and oxygen atoms in total. The Morgan fingerprint density at radius 2 is 2.23 bits per heavy atom. The van der Waals surface area contributed by atoms with Crippen molar-refractivity contribution in [3.05, 3.63) is 57.6 Å². The summed E-state index contributed by atoms with van der Waals surface area (Å²) in [5, 5.41) is 13.2. The molecule has 4 aromatic rings. The maximum Gasteiger partial charge on any atom is 0.287 e. The molecule has 1 aromatic carbocycles. The van der Waals surface area contributed by atoms with E-state index in [1.165, 1.54) is 10.7 Å². The van der Waals surface area contributed by atoms with Crippen molar-refractivity contribution in [1.82, 2.24) is 23.9 Å². The van der Waals surface area contributed by atoms with Gasteiger partial charge in [-0.3, -0.25) is 9.36 Å². The molecule has 31 heavy (non-hydrogen) atoms. The molecule has 3 atom stereocenters. The molecule has 5 rings (SSSR count). The Bertz CT molecular complexity index is 1370. The second kappa shape index (κ2) is 7.43. The average Bonchev–Trinajstić information content (AvgIpc) is 3.51. The first-order chi connectivity index (χ1) is 15.1. The molecule has 0 radical (unpaired) electrons. The highest BCUT2D eigenvalue weighted by Crippen LogP contribution is 2.32. The molecule has 0 bridgehead atoms. The third-order valence-corrected chi connectivity index (χ3v) is 5.43. The largest absolute Gasteiger partial charge is 0.497 e. The average molecular weight is 422 g/mol. The third-order valence-electron chi connectivity index (χ3n) is 5.43. The zero-order chi connectivity index (χ0) is 21.5. The summed E-state index contributed by atoms with van der Waals surface area (Å²) >= 11 is 0. The molecule has 0 saturated carbocycles. The minimum Gasteiger partial charge on any atom is -0.497 e. The first-order valence-corrected chi connectivity index (χ1v) is 9.55. The van der Waals surface area contributed by atoms with Crippen LogP contribution >= 0.6 is 0 Å². The third kappa shape index (κ3) is 3.10. The van der Waals surface area contributed by atoms with Gasteiger partial charge in [0.05, 0.1) is 37.9 Å². The highest BCUT2D eigenvalue weighted by Gasteiger charge is 2.36. The van der Waals surface area contributed by atoms with Crippen molar-refractivity contribution in [2.24, 2.45) is 5.11 Å². The van der Waals surface area contributed by atoms with Gasteiger partial charge in [0.15, 0.2) is 11.2 Å². The van der Waals surface area contributed by atoms with Gasteiger partial charge in [0, 0.05) is 17.5 Å². The molecule has 1 fully saturated rings. The van der Waals surface area contributed by atoms with Crippen molar-refractivity contribution in [1.29, 1.82) is 0 Å². The molecular formula is C19H18N8O4. The Morgan fingerprint density at radius 1 is 1.42 bits per heavy atom. The predicted octanol–water partition coefficient (Wildman–Crippen LogP) is 2.01. The summed E-state index contributed by atoms with van der Waals surface area (Å²) in [4.78, 5) is 27.8. The Morgan fingerprint density at radius 3 is 2.94 bits per heavy atom. The molecule has 1 aliphatic rings. The SMILES string of the molecule is COc1ccc(-c2cn3c(=O)c4ncn([C@H]5CC(N=[N+]=[N-])[C@@H](CO)O5)c4nc3[nH]2)cc1.